The van der Waals surface area contributed by atoms with Gasteiger partial charge in [0.05, 0.1) is 18.3 Å². The van der Waals surface area contributed by atoms with Crippen molar-refractivity contribution in [3.05, 3.63) is 48.0 Å². The monoisotopic (exact) mass is 365 g/mol. The van der Waals surface area contributed by atoms with Gasteiger partial charge in [-0.05, 0) is 29.2 Å². The van der Waals surface area contributed by atoms with Crippen molar-refractivity contribution in [3.63, 3.8) is 0 Å². The first-order valence-electron chi connectivity index (χ1n) is 9.62. The van der Waals surface area contributed by atoms with Gasteiger partial charge in [0.1, 0.15) is 6.61 Å². The number of hydrogen-bond donors (Lipinski definition) is 0. The van der Waals surface area contributed by atoms with Crippen LogP contribution in [0.4, 0.5) is 0 Å². The molecule has 1 saturated heterocycles. The summed E-state index contributed by atoms with van der Waals surface area (Å²) in [5, 5.41) is 2.16. The predicted molar refractivity (Wildman–Crippen MR) is 101 cm³/mol. The fraction of sp³-hybridized carbons (Fsp3) is 0.409. The minimum absolute atomic E-state index is 0.0433. The highest BCUT2D eigenvalue weighted by atomic mass is 16.5. The van der Waals surface area contributed by atoms with Crippen LogP contribution < -0.4 is 0 Å². The molecule has 0 N–H and O–H groups in total. The Hall–Kier alpha value is -2.69. The number of amides is 2. The third-order valence-corrected chi connectivity index (χ3v) is 5.74. The van der Waals surface area contributed by atoms with Gasteiger partial charge in [0.15, 0.2) is 0 Å². The third-order valence-electron chi connectivity index (χ3n) is 5.74. The zero-order valence-electron chi connectivity index (χ0n) is 15.2. The predicted octanol–water partition coefficient (Wildman–Crippen LogP) is 3.45. The molecular weight excluding hydrogens is 342 g/mol. The van der Waals surface area contributed by atoms with Gasteiger partial charge >= 0.3 is 5.97 Å². The van der Waals surface area contributed by atoms with E-state index in [1.165, 1.54) is 4.90 Å². The standard InChI is InChI=1S/C22H23NO4/c24-20(27-14-16-8-5-7-15-6-1-2-9-17(15)16)12-13-23-21(25)18-10-3-4-11-19(18)22(23)26/h1-2,5-9,18-19H,3-4,10-14H2/t18-,19-/m1/s1. The number of esters is 1. The molecule has 1 heterocycles. The lowest BCUT2D eigenvalue weighted by molar-refractivity contribution is -0.146. The normalized spacial score (nSPS) is 22.1. The molecule has 4 rings (SSSR count). The molecule has 2 fully saturated rings. The first kappa shape index (κ1) is 17.7. The number of carbonyl (C=O) groups is 3. The molecule has 0 spiro atoms. The highest BCUT2D eigenvalue weighted by molar-refractivity contribution is 6.05. The van der Waals surface area contributed by atoms with Crippen molar-refractivity contribution in [1.82, 2.24) is 4.90 Å². The summed E-state index contributed by atoms with van der Waals surface area (Å²) < 4.78 is 5.40. The minimum atomic E-state index is -0.390. The van der Waals surface area contributed by atoms with Crippen molar-refractivity contribution in [2.75, 3.05) is 6.54 Å². The third kappa shape index (κ3) is 3.46. The lowest BCUT2D eigenvalue weighted by atomic mass is 9.81. The lowest BCUT2D eigenvalue weighted by Crippen LogP contribution is -2.33. The van der Waals surface area contributed by atoms with E-state index in [2.05, 4.69) is 0 Å². The summed E-state index contributed by atoms with van der Waals surface area (Å²) in [6.07, 6.45) is 3.62. The van der Waals surface area contributed by atoms with Crippen LogP contribution in [-0.4, -0.2) is 29.2 Å². The van der Waals surface area contributed by atoms with Gasteiger partial charge in [0.25, 0.3) is 0 Å². The molecule has 0 aromatic heterocycles. The van der Waals surface area contributed by atoms with E-state index in [0.717, 1.165) is 42.0 Å². The smallest absolute Gasteiger partial charge is 0.307 e. The number of rotatable bonds is 5. The molecule has 0 radical (unpaired) electrons. The van der Waals surface area contributed by atoms with Crippen LogP contribution in [0.3, 0.4) is 0 Å². The Balaban J connectivity index is 1.33. The molecule has 0 bridgehead atoms. The highest BCUT2D eigenvalue weighted by Crippen LogP contribution is 2.38. The molecule has 2 aliphatic rings. The van der Waals surface area contributed by atoms with Crippen molar-refractivity contribution in [1.29, 1.82) is 0 Å². The number of fused-ring (bicyclic) bond motifs is 2. The van der Waals surface area contributed by atoms with Gasteiger partial charge in [-0.2, -0.15) is 0 Å². The quantitative estimate of drug-likeness (QED) is 0.601. The topological polar surface area (TPSA) is 63.7 Å². The van der Waals surface area contributed by atoms with Crippen molar-refractivity contribution >= 4 is 28.6 Å². The average Bonchev–Trinajstić information content (AvgIpc) is 2.95. The second-order valence-electron chi connectivity index (χ2n) is 7.37. The van der Waals surface area contributed by atoms with Crippen LogP contribution in [0.25, 0.3) is 10.8 Å². The van der Waals surface area contributed by atoms with Gasteiger partial charge in [-0.25, -0.2) is 0 Å². The van der Waals surface area contributed by atoms with E-state index in [9.17, 15) is 14.4 Å². The number of likely N-dealkylation sites (tertiary alicyclic amines) is 1. The number of carbonyl (C=O) groups excluding carboxylic acids is 3. The number of nitrogens with zero attached hydrogens (tertiary/aromatic N) is 1. The van der Waals surface area contributed by atoms with Crippen molar-refractivity contribution in [2.45, 2.75) is 38.7 Å². The second kappa shape index (κ2) is 7.51. The fourth-order valence-corrected chi connectivity index (χ4v) is 4.30. The van der Waals surface area contributed by atoms with E-state index in [4.69, 9.17) is 4.74 Å². The Morgan fingerprint density at radius 3 is 2.37 bits per heavy atom. The van der Waals surface area contributed by atoms with Gasteiger partial charge in [0, 0.05) is 6.54 Å². The van der Waals surface area contributed by atoms with Crippen LogP contribution >= 0.6 is 0 Å². The van der Waals surface area contributed by atoms with Gasteiger partial charge in [0.2, 0.25) is 11.8 Å². The van der Waals surface area contributed by atoms with Crippen LogP contribution in [0.5, 0.6) is 0 Å². The summed E-state index contributed by atoms with van der Waals surface area (Å²) in [6, 6.07) is 13.8. The summed E-state index contributed by atoms with van der Waals surface area (Å²) in [5.41, 5.74) is 0.945. The molecule has 1 aliphatic heterocycles. The summed E-state index contributed by atoms with van der Waals surface area (Å²) in [7, 11) is 0. The molecule has 1 aliphatic carbocycles. The Labute approximate surface area is 158 Å². The van der Waals surface area contributed by atoms with Crippen LogP contribution in [0.1, 0.15) is 37.7 Å². The number of ether oxygens (including phenoxy) is 1. The van der Waals surface area contributed by atoms with Crippen LogP contribution in [0, 0.1) is 11.8 Å². The Kier molecular flexibility index (Phi) is 4.92. The van der Waals surface area contributed by atoms with Crippen molar-refractivity contribution in [2.24, 2.45) is 11.8 Å². The summed E-state index contributed by atoms with van der Waals surface area (Å²) in [6.45, 7) is 0.312. The number of hydrogen-bond acceptors (Lipinski definition) is 4. The van der Waals surface area contributed by atoms with E-state index in [1.54, 1.807) is 0 Å². The molecule has 2 atom stereocenters. The van der Waals surface area contributed by atoms with Gasteiger partial charge in [-0.15, -0.1) is 0 Å². The Morgan fingerprint density at radius 1 is 0.963 bits per heavy atom. The largest absolute Gasteiger partial charge is 0.461 e. The molecule has 0 unspecified atom stereocenters. The minimum Gasteiger partial charge on any atom is -0.461 e. The van der Waals surface area contributed by atoms with Crippen LogP contribution in [0.2, 0.25) is 0 Å². The van der Waals surface area contributed by atoms with Crippen LogP contribution in [-0.2, 0) is 25.7 Å². The molecule has 2 aromatic rings. The average molecular weight is 365 g/mol. The lowest BCUT2D eigenvalue weighted by Gasteiger charge is -2.19. The van der Waals surface area contributed by atoms with Gasteiger partial charge in [-0.3, -0.25) is 19.3 Å². The van der Waals surface area contributed by atoms with Gasteiger partial charge < -0.3 is 4.74 Å². The summed E-state index contributed by atoms with van der Waals surface area (Å²) >= 11 is 0. The molecule has 5 heteroatoms. The Bertz CT molecular complexity index is 862. The number of imide groups is 1. The van der Waals surface area contributed by atoms with E-state index in [1.807, 2.05) is 42.5 Å². The fourth-order valence-electron chi connectivity index (χ4n) is 4.30. The highest BCUT2D eigenvalue weighted by Gasteiger charge is 2.47. The molecule has 27 heavy (non-hydrogen) atoms. The zero-order chi connectivity index (χ0) is 18.8. The van der Waals surface area contributed by atoms with E-state index in [0.29, 0.717) is 0 Å². The zero-order valence-corrected chi connectivity index (χ0v) is 15.2. The van der Waals surface area contributed by atoms with E-state index < -0.39 is 5.97 Å². The summed E-state index contributed by atoms with van der Waals surface area (Å²) in [5.74, 6) is -0.938. The Morgan fingerprint density at radius 2 is 1.63 bits per heavy atom. The molecule has 5 nitrogen and oxygen atoms in total. The molecule has 1 saturated carbocycles. The molecular formula is C22H23NO4. The SMILES string of the molecule is O=C(CCN1C(=O)[C@@H]2CCCC[C@H]2C1=O)OCc1cccc2ccccc12. The number of benzene rings is 2. The van der Waals surface area contributed by atoms with E-state index in [-0.39, 0.29) is 43.2 Å². The molecule has 2 aromatic carbocycles. The second-order valence-corrected chi connectivity index (χ2v) is 7.37. The maximum atomic E-state index is 12.4. The summed E-state index contributed by atoms with van der Waals surface area (Å²) in [4.78, 5) is 38.3. The van der Waals surface area contributed by atoms with E-state index >= 15 is 0 Å². The van der Waals surface area contributed by atoms with Crippen LogP contribution in [0.15, 0.2) is 42.5 Å². The first-order valence-corrected chi connectivity index (χ1v) is 9.62. The van der Waals surface area contributed by atoms with Gasteiger partial charge in [-0.1, -0.05) is 55.3 Å². The first-order chi connectivity index (χ1) is 13.1. The maximum Gasteiger partial charge on any atom is 0.307 e. The van der Waals surface area contributed by atoms with Crippen molar-refractivity contribution in [3.8, 4) is 0 Å². The van der Waals surface area contributed by atoms with Crippen molar-refractivity contribution < 1.29 is 19.1 Å². The molecule has 140 valence electrons. The maximum absolute atomic E-state index is 12.4. The molecule has 2 amide bonds.